The van der Waals surface area contributed by atoms with Crippen molar-refractivity contribution in [3.8, 4) is 22.6 Å². The molecule has 0 unspecified atom stereocenters. The number of H-pyrrole nitrogens is 1. The fourth-order valence-electron chi connectivity index (χ4n) is 4.25. The zero-order chi connectivity index (χ0) is 24.1. The second kappa shape index (κ2) is 7.91. The number of nitrogens with one attached hydrogen (secondary N) is 1. The molecular formula is C24H27N3O5S. The predicted octanol–water partition coefficient (Wildman–Crippen LogP) is 2.82. The molecule has 2 aromatic carbocycles. The van der Waals surface area contributed by atoms with E-state index in [2.05, 4.69) is 25.8 Å². The Labute approximate surface area is 192 Å². The van der Waals surface area contributed by atoms with Crippen LogP contribution in [-0.2, 0) is 21.9 Å². The highest BCUT2D eigenvalue weighted by Gasteiger charge is 2.28. The number of nitrogens with zero attached hydrogens (tertiary/aromatic N) is 2. The molecule has 0 saturated carbocycles. The van der Waals surface area contributed by atoms with E-state index in [1.54, 1.807) is 7.11 Å². The summed E-state index contributed by atoms with van der Waals surface area (Å²) in [4.78, 5) is 26.4. The Kier molecular flexibility index (Phi) is 5.48. The van der Waals surface area contributed by atoms with Gasteiger partial charge in [-0.05, 0) is 47.2 Å². The smallest absolute Gasteiger partial charge is 0.332 e. The van der Waals surface area contributed by atoms with Gasteiger partial charge in [0.25, 0.3) is 5.56 Å². The summed E-state index contributed by atoms with van der Waals surface area (Å²) in [7, 11) is -1.73. The van der Waals surface area contributed by atoms with Gasteiger partial charge in [-0.3, -0.25) is 18.7 Å². The van der Waals surface area contributed by atoms with Crippen LogP contribution in [0.25, 0.3) is 16.8 Å². The molecule has 0 fully saturated rings. The second-order valence-corrected chi connectivity index (χ2v) is 11.1. The molecule has 0 saturated heterocycles. The fourth-order valence-corrected chi connectivity index (χ4v) is 5.21. The molecule has 2 heterocycles. The molecule has 33 heavy (non-hydrogen) atoms. The fraction of sp³-hybridized carbons (Fsp3) is 0.333. The van der Waals surface area contributed by atoms with E-state index in [0.29, 0.717) is 30.1 Å². The molecule has 1 aromatic heterocycles. The third kappa shape index (κ3) is 4.20. The summed E-state index contributed by atoms with van der Waals surface area (Å²) < 4.78 is 32.9. The van der Waals surface area contributed by atoms with E-state index < -0.39 is 21.3 Å². The second-order valence-electron chi connectivity index (χ2n) is 9.23. The van der Waals surface area contributed by atoms with E-state index in [4.69, 9.17) is 4.74 Å². The van der Waals surface area contributed by atoms with Crippen molar-refractivity contribution in [2.75, 3.05) is 24.2 Å². The molecule has 9 heteroatoms. The lowest BCUT2D eigenvalue weighted by Crippen LogP contribution is -2.28. The standard InChI is InChI=1S/C24H27N3O5S/c1-24(2,3)19-14-17(26-10-9-21(28)25-23(26)29)13-18(22(19)32-4)15-6-7-20-16(12-15)8-11-27(20)33(5,30)31/h6-7,9-10,12-14H,8,11H2,1-5H3,(H,25,28,29). The van der Waals surface area contributed by atoms with E-state index >= 15 is 0 Å². The lowest BCUT2D eigenvalue weighted by Gasteiger charge is -2.26. The van der Waals surface area contributed by atoms with Crippen LogP contribution in [0, 0.1) is 0 Å². The van der Waals surface area contributed by atoms with Gasteiger partial charge >= 0.3 is 5.69 Å². The van der Waals surface area contributed by atoms with Gasteiger partial charge in [0.05, 0.1) is 24.7 Å². The van der Waals surface area contributed by atoms with E-state index in [0.717, 1.165) is 22.3 Å². The van der Waals surface area contributed by atoms with Crippen LogP contribution < -0.4 is 20.3 Å². The quantitative estimate of drug-likeness (QED) is 0.633. The predicted molar refractivity (Wildman–Crippen MR) is 129 cm³/mol. The minimum Gasteiger partial charge on any atom is -0.496 e. The highest BCUT2D eigenvalue weighted by molar-refractivity contribution is 7.92. The van der Waals surface area contributed by atoms with Crippen molar-refractivity contribution in [2.24, 2.45) is 0 Å². The van der Waals surface area contributed by atoms with E-state index in [9.17, 15) is 18.0 Å². The number of sulfonamides is 1. The summed E-state index contributed by atoms with van der Waals surface area (Å²) in [5.74, 6) is 0.682. The van der Waals surface area contributed by atoms with Crippen molar-refractivity contribution in [1.29, 1.82) is 0 Å². The summed E-state index contributed by atoms with van der Waals surface area (Å²) in [6.07, 6.45) is 3.27. The maximum absolute atomic E-state index is 12.5. The maximum atomic E-state index is 12.5. The molecule has 1 N–H and O–H groups in total. The average molecular weight is 470 g/mol. The first-order valence-electron chi connectivity index (χ1n) is 10.6. The van der Waals surface area contributed by atoms with Crippen LogP contribution in [0.3, 0.4) is 0 Å². The summed E-state index contributed by atoms with van der Waals surface area (Å²) in [6.45, 7) is 6.58. The Morgan fingerprint density at radius 2 is 1.79 bits per heavy atom. The zero-order valence-electron chi connectivity index (χ0n) is 19.3. The first kappa shape index (κ1) is 22.8. The van der Waals surface area contributed by atoms with Crippen molar-refractivity contribution in [3.63, 3.8) is 0 Å². The largest absolute Gasteiger partial charge is 0.496 e. The van der Waals surface area contributed by atoms with Crippen LogP contribution in [-0.4, -0.2) is 37.9 Å². The number of aromatic nitrogens is 2. The number of methoxy groups -OCH3 is 1. The summed E-state index contributed by atoms with van der Waals surface area (Å²) in [5, 5.41) is 0. The SMILES string of the molecule is COc1c(-c2ccc3c(c2)CCN3S(C)(=O)=O)cc(-n2ccc(=O)[nH]c2=O)cc1C(C)(C)C. The number of aromatic amines is 1. The van der Waals surface area contributed by atoms with E-state index in [1.807, 2.05) is 30.3 Å². The Morgan fingerprint density at radius 1 is 1.06 bits per heavy atom. The molecule has 1 aliphatic rings. The Hall–Kier alpha value is -3.33. The molecule has 1 aliphatic heterocycles. The van der Waals surface area contributed by atoms with Crippen LogP contribution in [0.4, 0.5) is 5.69 Å². The van der Waals surface area contributed by atoms with Crippen LogP contribution in [0.15, 0.2) is 52.2 Å². The number of rotatable bonds is 4. The van der Waals surface area contributed by atoms with Crippen LogP contribution in [0.1, 0.15) is 31.9 Å². The molecule has 4 rings (SSSR count). The van der Waals surface area contributed by atoms with Gasteiger partial charge in [0.2, 0.25) is 10.0 Å². The highest BCUT2D eigenvalue weighted by Crippen LogP contribution is 2.42. The van der Waals surface area contributed by atoms with Crippen LogP contribution in [0.2, 0.25) is 0 Å². The van der Waals surface area contributed by atoms with Crippen molar-refractivity contribution < 1.29 is 13.2 Å². The molecule has 3 aromatic rings. The molecule has 0 bridgehead atoms. The number of fused-ring (bicyclic) bond motifs is 1. The van der Waals surface area contributed by atoms with Crippen molar-refractivity contribution in [1.82, 2.24) is 9.55 Å². The molecular weight excluding hydrogens is 442 g/mol. The Bertz CT molecular complexity index is 1460. The normalized spacial score (nSPS) is 13.8. The third-order valence-corrected chi connectivity index (χ3v) is 7.01. The highest BCUT2D eigenvalue weighted by atomic mass is 32.2. The van der Waals surface area contributed by atoms with Crippen molar-refractivity contribution in [2.45, 2.75) is 32.6 Å². The number of benzene rings is 2. The minimum atomic E-state index is -3.34. The number of anilines is 1. The number of ether oxygens (including phenoxy) is 1. The average Bonchev–Trinajstić information content (AvgIpc) is 3.16. The number of hydrogen-bond donors (Lipinski definition) is 1. The van der Waals surface area contributed by atoms with Gasteiger partial charge in [0.15, 0.2) is 0 Å². The lowest BCUT2D eigenvalue weighted by atomic mass is 9.83. The molecule has 8 nitrogen and oxygen atoms in total. The van der Waals surface area contributed by atoms with Crippen LogP contribution >= 0.6 is 0 Å². The molecule has 0 atom stereocenters. The number of hydrogen-bond acceptors (Lipinski definition) is 5. The Morgan fingerprint density at radius 3 is 2.39 bits per heavy atom. The van der Waals surface area contributed by atoms with E-state index in [-0.39, 0.29) is 5.41 Å². The lowest BCUT2D eigenvalue weighted by molar-refractivity contribution is 0.399. The first-order chi connectivity index (χ1) is 15.4. The summed E-state index contributed by atoms with van der Waals surface area (Å²) >= 11 is 0. The molecule has 0 radical (unpaired) electrons. The third-order valence-electron chi connectivity index (χ3n) is 5.83. The zero-order valence-corrected chi connectivity index (χ0v) is 20.1. The molecule has 174 valence electrons. The molecule has 0 aliphatic carbocycles. The van der Waals surface area contributed by atoms with Gasteiger partial charge in [-0.2, -0.15) is 0 Å². The molecule has 0 amide bonds. The molecule has 0 spiro atoms. The maximum Gasteiger partial charge on any atom is 0.332 e. The Balaban J connectivity index is 1.97. The van der Waals surface area contributed by atoms with Gasteiger partial charge in [0.1, 0.15) is 5.75 Å². The monoisotopic (exact) mass is 469 g/mol. The summed E-state index contributed by atoms with van der Waals surface area (Å²) in [6, 6.07) is 10.7. The van der Waals surface area contributed by atoms with Gasteiger partial charge in [-0.25, -0.2) is 13.2 Å². The topological polar surface area (TPSA) is 101 Å². The van der Waals surface area contributed by atoms with Gasteiger partial charge in [-0.15, -0.1) is 0 Å². The van der Waals surface area contributed by atoms with Gasteiger partial charge < -0.3 is 4.74 Å². The van der Waals surface area contributed by atoms with Crippen molar-refractivity contribution in [3.05, 3.63) is 74.6 Å². The van der Waals surface area contributed by atoms with Crippen molar-refractivity contribution >= 4 is 15.7 Å². The van der Waals surface area contributed by atoms with E-state index in [1.165, 1.54) is 27.4 Å². The van der Waals surface area contributed by atoms with Crippen LogP contribution in [0.5, 0.6) is 5.75 Å². The summed E-state index contributed by atoms with van der Waals surface area (Å²) in [5.41, 5.74) is 3.44. The van der Waals surface area contributed by atoms with Gasteiger partial charge in [-0.1, -0.05) is 26.8 Å². The first-order valence-corrected chi connectivity index (χ1v) is 12.4. The minimum absolute atomic E-state index is 0.300. The van der Waals surface area contributed by atoms with Gasteiger partial charge in [0, 0.05) is 29.9 Å².